The van der Waals surface area contributed by atoms with Gasteiger partial charge in [0.25, 0.3) is 0 Å². The molecule has 0 saturated carbocycles. The number of hydrogen-bond donors (Lipinski definition) is 1. The van der Waals surface area contributed by atoms with E-state index in [1.807, 2.05) is 0 Å². The van der Waals surface area contributed by atoms with Gasteiger partial charge in [0, 0.05) is 6.54 Å². The summed E-state index contributed by atoms with van der Waals surface area (Å²) in [6, 6.07) is 0. The largest absolute Gasteiger partial charge is 0.369 e. The lowest BCUT2D eigenvalue weighted by molar-refractivity contribution is 0.863. The van der Waals surface area contributed by atoms with Gasteiger partial charge in [-0.2, -0.15) is 0 Å². The Kier molecular flexibility index (Phi) is 5.98. The minimum atomic E-state index is 0.655. The average molecular weight is 423 g/mol. The molecule has 0 bridgehead atoms. The smallest absolute Gasteiger partial charge is 0.191 e. The molecule has 2 heterocycles. The fourth-order valence-corrected chi connectivity index (χ4v) is 3.26. The second-order valence-electron chi connectivity index (χ2n) is 4.30. The molecule has 2 aromatic heterocycles. The van der Waals surface area contributed by atoms with Gasteiger partial charge in [0.2, 0.25) is 0 Å². The van der Waals surface area contributed by atoms with Gasteiger partial charge >= 0.3 is 0 Å². The van der Waals surface area contributed by atoms with Crippen LogP contribution in [0.3, 0.4) is 0 Å². The van der Waals surface area contributed by atoms with Gasteiger partial charge in [-0.3, -0.25) is 0 Å². The first kappa shape index (κ1) is 15.9. The summed E-state index contributed by atoms with van der Waals surface area (Å²) >= 11 is 9.67. The number of aryl methyl sites for hydroxylation is 1. The van der Waals surface area contributed by atoms with Crippen molar-refractivity contribution in [3.05, 3.63) is 19.8 Å². The molecular formula is C13H16ClIN4S. The SMILES string of the molecule is CCCNc1nc(-c2ncc(Cl)s2)nc(CCC)c1I. The van der Waals surface area contributed by atoms with Crippen molar-refractivity contribution in [1.29, 1.82) is 0 Å². The van der Waals surface area contributed by atoms with Crippen LogP contribution < -0.4 is 5.32 Å². The fourth-order valence-electron chi connectivity index (χ4n) is 1.71. The molecule has 1 N–H and O–H groups in total. The van der Waals surface area contributed by atoms with Gasteiger partial charge in [0.05, 0.1) is 15.5 Å². The number of rotatable bonds is 6. The standard InChI is InChI=1S/C13H16ClIN4S/c1-3-5-8-10(15)11(16-6-4-2)19-12(18-8)13-17-7-9(14)20-13/h7H,3-6H2,1-2H3,(H,16,18,19). The summed E-state index contributed by atoms with van der Waals surface area (Å²) in [6.45, 7) is 5.18. The third kappa shape index (κ3) is 3.79. The number of nitrogens with zero attached hydrogens (tertiary/aromatic N) is 3. The lowest BCUT2D eigenvalue weighted by atomic mass is 10.2. The Morgan fingerprint density at radius 2 is 2.10 bits per heavy atom. The second kappa shape index (κ2) is 7.51. The van der Waals surface area contributed by atoms with E-state index in [9.17, 15) is 0 Å². The van der Waals surface area contributed by atoms with E-state index in [-0.39, 0.29) is 0 Å². The zero-order valence-electron chi connectivity index (χ0n) is 11.4. The summed E-state index contributed by atoms with van der Waals surface area (Å²) < 4.78 is 1.76. The molecule has 4 nitrogen and oxygen atoms in total. The van der Waals surface area contributed by atoms with Crippen molar-refractivity contribution in [2.24, 2.45) is 0 Å². The lowest BCUT2D eigenvalue weighted by Crippen LogP contribution is -2.09. The van der Waals surface area contributed by atoms with E-state index in [0.717, 1.165) is 45.9 Å². The first-order valence-corrected chi connectivity index (χ1v) is 8.85. The number of aromatic nitrogens is 3. The van der Waals surface area contributed by atoms with Gasteiger partial charge < -0.3 is 5.32 Å². The van der Waals surface area contributed by atoms with Crippen LogP contribution in [0.15, 0.2) is 6.20 Å². The van der Waals surface area contributed by atoms with Crippen LogP contribution in [0, 0.1) is 3.57 Å². The molecule has 2 aromatic rings. The Labute approximate surface area is 141 Å². The predicted molar refractivity (Wildman–Crippen MR) is 93.6 cm³/mol. The van der Waals surface area contributed by atoms with Gasteiger partial charge in [0.1, 0.15) is 10.2 Å². The van der Waals surface area contributed by atoms with Crippen LogP contribution in [0.2, 0.25) is 4.34 Å². The van der Waals surface area contributed by atoms with Crippen LogP contribution in [0.4, 0.5) is 5.82 Å². The maximum Gasteiger partial charge on any atom is 0.191 e. The molecule has 0 aromatic carbocycles. The Morgan fingerprint density at radius 1 is 1.30 bits per heavy atom. The first-order chi connectivity index (χ1) is 9.65. The van der Waals surface area contributed by atoms with Gasteiger partial charge in [-0.1, -0.05) is 43.2 Å². The number of nitrogens with one attached hydrogen (secondary N) is 1. The summed E-state index contributed by atoms with van der Waals surface area (Å²) in [5.74, 6) is 1.55. The van der Waals surface area contributed by atoms with Crippen LogP contribution in [0.1, 0.15) is 32.4 Å². The third-order valence-electron chi connectivity index (χ3n) is 2.62. The molecule has 0 unspecified atom stereocenters. The molecule has 7 heteroatoms. The molecule has 0 amide bonds. The van der Waals surface area contributed by atoms with E-state index >= 15 is 0 Å². The summed E-state index contributed by atoms with van der Waals surface area (Å²) in [7, 11) is 0. The van der Waals surface area contributed by atoms with Crippen LogP contribution in [-0.2, 0) is 6.42 Å². The highest BCUT2D eigenvalue weighted by molar-refractivity contribution is 14.1. The Hall–Kier alpha value is -0.470. The molecule has 0 aliphatic rings. The minimum absolute atomic E-state index is 0.655. The molecule has 0 aliphatic carbocycles. The summed E-state index contributed by atoms with van der Waals surface area (Å²) in [6.07, 6.45) is 4.69. The van der Waals surface area contributed by atoms with Crippen LogP contribution in [-0.4, -0.2) is 21.5 Å². The van der Waals surface area contributed by atoms with Gasteiger partial charge in [0.15, 0.2) is 10.8 Å². The van der Waals surface area contributed by atoms with Gasteiger partial charge in [-0.25, -0.2) is 15.0 Å². The topological polar surface area (TPSA) is 50.7 Å². The molecule has 2 rings (SSSR count). The van der Waals surface area contributed by atoms with E-state index in [4.69, 9.17) is 11.6 Å². The highest BCUT2D eigenvalue weighted by Crippen LogP contribution is 2.29. The molecule has 0 spiro atoms. The van der Waals surface area contributed by atoms with Crippen molar-refractivity contribution >= 4 is 51.3 Å². The van der Waals surface area contributed by atoms with E-state index in [1.165, 1.54) is 11.3 Å². The summed E-state index contributed by atoms with van der Waals surface area (Å²) in [5, 5.41) is 4.13. The lowest BCUT2D eigenvalue weighted by Gasteiger charge is -2.11. The average Bonchev–Trinajstić information content (AvgIpc) is 2.86. The Morgan fingerprint density at radius 3 is 2.70 bits per heavy atom. The van der Waals surface area contributed by atoms with Crippen LogP contribution in [0.25, 0.3) is 10.8 Å². The number of thiazole rings is 1. The van der Waals surface area contributed by atoms with Gasteiger partial charge in [-0.15, -0.1) is 0 Å². The molecule has 0 saturated heterocycles. The van der Waals surface area contributed by atoms with Crippen molar-refractivity contribution < 1.29 is 0 Å². The normalized spacial score (nSPS) is 10.8. The number of halogens is 2. The zero-order valence-corrected chi connectivity index (χ0v) is 15.1. The van der Waals surface area contributed by atoms with Crippen molar-refractivity contribution in [2.75, 3.05) is 11.9 Å². The second-order valence-corrected chi connectivity index (χ2v) is 7.04. The highest BCUT2D eigenvalue weighted by atomic mass is 127. The van der Waals surface area contributed by atoms with Crippen molar-refractivity contribution in [2.45, 2.75) is 33.1 Å². The molecule has 0 fully saturated rings. The van der Waals surface area contributed by atoms with Crippen LogP contribution >= 0.6 is 45.5 Å². The predicted octanol–water partition coefficient (Wildman–Crippen LogP) is 4.63. The van der Waals surface area contributed by atoms with E-state index in [2.05, 4.69) is 56.7 Å². The third-order valence-corrected chi connectivity index (χ3v) is 4.86. The molecular weight excluding hydrogens is 407 g/mol. The summed E-state index contributed by atoms with van der Waals surface area (Å²) in [5.41, 5.74) is 1.07. The first-order valence-electron chi connectivity index (χ1n) is 6.57. The molecule has 0 radical (unpaired) electrons. The van der Waals surface area contributed by atoms with Crippen molar-refractivity contribution in [3.8, 4) is 10.8 Å². The maximum absolute atomic E-state index is 5.95. The van der Waals surface area contributed by atoms with Crippen LogP contribution in [0.5, 0.6) is 0 Å². The molecule has 108 valence electrons. The van der Waals surface area contributed by atoms with E-state index in [0.29, 0.717) is 10.2 Å². The zero-order chi connectivity index (χ0) is 14.5. The number of anilines is 1. The Bertz CT molecular complexity index is 588. The maximum atomic E-state index is 5.95. The molecule has 20 heavy (non-hydrogen) atoms. The molecule has 0 atom stereocenters. The summed E-state index contributed by atoms with van der Waals surface area (Å²) in [4.78, 5) is 13.5. The monoisotopic (exact) mass is 422 g/mol. The quantitative estimate of drug-likeness (QED) is 0.690. The van der Waals surface area contributed by atoms with E-state index in [1.54, 1.807) is 6.20 Å². The van der Waals surface area contributed by atoms with Crippen molar-refractivity contribution in [3.63, 3.8) is 0 Å². The Balaban J connectivity index is 2.43. The molecule has 0 aliphatic heterocycles. The fraction of sp³-hybridized carbons (Fsp3) is 0.462. The minimum Gasteiger partial charge on any atom is -0.369 e. The van der Waals surface area contributed by atoms with E-state index < -0.39 is 0 Å². The number of hydrogen-bond acceptors (Lipinski definition) is 5. The van der Waals surface area contributed by atoms with Crippen molar-refractivity contribution in [1.82, 2.24) is 15.0 Å². The highest BCUT2D eigenvalue weighted by Gasteiger charge is 2.14. The van der Waals surface area contributed by atoms with Gasteiger partial charge in [-0.05, 0) is 35.4 Å².